The fraction of sp³-hybridized carbons (Fsp3) is 0.120. The van der Waals surface area contributed by atoms with Crippen LogP contribution in [0.3, 0.4) is 0 Å². The van der Waals surface area contributed by atoms with E-state index in [-0.39, 0.29) is 5.91 Å². The molecule has 0 saturated carbocycles. The standard InChI is InChI=1S/C25H24N2O3/c1-3-16-29-23-12-8-20(9-13-23)17-26-27-25(28)22-10-14-24(15-11-22)30-18-21-6-4-19(2)5-7-21/h3-15,17H,1,16,18H2,2H3,(H,27,28)/b26-17-. The van der Waals surface area contributed by atoms with Crippen LogP contribution in [0.5, 0.6) is 11.5 Å². The molecule has 5 nitrogen and oxygen atoms in total. The number of nitrogens with zero attached hydrogens (tertiary/aromatic N) is 1. The van der Waals surface area contributed by atoms with E-state index < -0.39 is 0 Å². The van der Waals surface area contributed by atoms with E-state index in [0.29, 0.717) is 24.5 Å². The van der Waals surface area contributed by atoms with Crippen LogP contribution in [0, 0.1) is 6.92 Å². The van der Waals surface area contributed by atoms with E-state index in [9.17, 15) is 4.79 Å². The summed E-state index contributed by atoms with van der Waals surface area (Å²) in [5, 5.41) is 4.00. The second-order valence-electron chi connectivity index (χ2n) is 6.67. The van der Waals surface area contributed by atoms with Gasteiger partial charge >= 0.3 is 0 Å². The molecular formula is C25H24N2O3. The zero-order valence-corrected chi connectivity index (χ0v) is 16.9. The highest BCUT2D eigenvalue weighted by Gasteiger charge is 2.04. The molecule has 0 saturated heterocycles. The molecule has 0 radical (unpaired) electrons. The van der Waals surface area contributed by atoms with Crippen molar-refractivity contribution in [1.82, 2.24) is 5.43 Å². The van der Waals surface area contributed by atoms with E-state index in [1.54, 1.807) is 36.6 Å². The molecule has 3 rings (SSSR count). The van der Waals surface area contributed by atoms with Gasteiger partial charge in [0.25, 0.3) is 5.91 Å². The van der Waals surface area contributed by atoms with Gasteiger partial charge in [-0.2, -0.15) is 5.10 Å². The van der Waals surface area contributed by atoms with Gasteiger partial charge in [-0.1, -0.05) is 42.5 Å². The van der Waals surface area contributed by atoms with Gasteiger partial charge < -0.3 is 9.47 Å². The smallest absolute Gasteiger partial charge is 0.271 e. The Kier molecular flexibility index (Phi) is 7.39. The van der Waals surface area contributed by atoms with Crippen LogP contribution in [0.15, 0.2) is 90.6 Å². The lowest BCUT2D eigenvalue weighted by Gasteiger charge is -2.07. The van der Waals surface area contributed by atoms with Gasteiger partial charge in [0, 0.05) is 5.56 Å². The second-order valence-corrected chi connectivity index (χ2v) is 6.67. The van der Waals surface area contributed by atoms with E-state index in [0.717, 1.165) is 16.9 Å². The van der Waals surface area contributed by atoms with Crippen molar-refractivity contribution in [2.45, 2.75) is 13.5 Å². The summed E-state index contributed by atoms with van der Waals surface area (Å²) in [4.78, 5) is 12.2. The Bertz CT molecular complexity index is 992. The van der Waals surface area contributed by atoms with Gasteiger partial charge in [0.2, 0.25) is 0 Å². The summed E-state index contributed by atoms with van der Waals surface area (Å²) >= 11 is 0. The Hall–Kier alpha value is -3.86. The molecule has 0 spiro atoms. The molecule has 0 aliphatic heterocycles. The number of hydrazone groups is 1. The van der Waals surface area contributed by atoms with Crippen LogP contribution in [-0.4, -0.2) is 18.7 Å². The first-order valence-corrected chi connectivity index (χ1v) is 9.59. The Labute approximate surface area is 176 Å². The lowest BCUT2D eigenvalue weighted by atomic mass is 10.2. The molecule has 0 bridgehead atoms. The van der Waals surface area contributed by atoms with Crippen molar-refractivity contribution in [2.24, 2.45) is 5.10 Å². The minimum atomic E-state index is -0.290. The number of hydrogen-bond acceptors (Lipinski definition) is 4. The molecule has 30 heavy (non-hydrogen) atoms. The number of carbonyl (C=O) groups is 1. The molecule has 0 unspecified atom stereocenters. The Morgan fingerprint density at radius 1 is 0.933 bits per heavy atom. The molecule has 0 aliphatic rings. The highest BCUT2D eigenvalue weighted by molar-refractivity contribution is 5.95. The number of hydrogen-bond donors (Lipinski definition) is 1. The monoisotopic (exact) mass is 400 g/mol. The van der Waals surface area contributed by atoms with Gasteiger partial charge in [0.15, 0.2) is 0 Å². The number of aryl methyl sites for hydroxylation is 1. The summed E-state index contributed by atoms with van der Waals surface area (Å²) in [5.41, 5.74) is 6.18. The van der Waals surface area contributed by atoms with Crippen LogP contribution in [0.2, 0.25) is 0 Å². The summed E-state index contributed by atoms with van der Waals surface area (Å²) in [6.07, 6.45) is 3.27. The Morgan fingerprint density at radius 2 is 1.57 bits per heavy atom. The van der Waals surface area contributed by atoms with E-state index in [1.807, 2.05) is 36.4 Å². The average Bonchev–Trinajstić information content (AvgIpc) is 2.78. The summed E-state index contributed by atoms with van der Waals surface area (Å²) in [6, 6.07) is 22.5. The minimum absolute atomic E-state index is 0.290. The van der Waals surface area contributed by atoms with E-state index >= 15 is 0 Å². The maximum atomic E-state index is 12.2. The fourth-order valence-corrected chi connectivity index (χ4v) is 2.59. The molecule has 0 heterocycles. The van der Waals surface area contributed by atoms with E-state index in [2.05, 4.69) is 36.2 Å². The third kappa shape index (κ3) is 6.34. The first-order chi connectivity index (χ1) is 14.6. The van der Waals surface area contributed by atoms with Gasteiger partial charge in [0.1, 0.15) is 24.7 Å². The molecule has 152 valence electrons. The van der Waals surface area contributed by atoms with Crippen LogP contribution < -0.4 is 14.9 Å². The van der Waals surface area contributed by atoms with Crippen LogP contribution >= 0.6 is 0 Å². The maximum Gasteiger partial charge on any atom is 0.271 e. The molecule has 0 atom stereocenters. The lowest BCUT2D eigenvalue weighted by molar-refractivity contribution is 0.0955. The Balaban J connectivity index is 1.48. The second kappa shape index (κ2) is 10.6. The summed E-state index contributed by atoms with van der Waals surface area (Å²) in [7, 11) is 0. The van der Waals surface area contributed by atoms with E-state index in [4.69, 9.17) is 9.47 Å². The number of amides is 1. The molecule has 0 aliphatic carbocycles. The van der Waals surface area contributed by atoms with Crippen molar-refractivity contribution >= 4 is 12.1 Å². The normalized spacial score (nSPS) is 10.6. The van der Waals surface area contributed by atoms with Crippen LogP contribution in [0.4, 0.5) is 0 Å². The minimum Gasteiger partial charge on any atom is -0.490 e. The fourth-order valence-electron chi connectivity index (χ4n) is 2.59. The number of benzene rings is 3. The molecule has 1 amide bonds. The molecule has 0 aromatic heterocycles. The van der Waals surface area contributed by atoms with Crippen LogP contribution in [0.1, 0.15) is 27.0 Å². The van der Waals surface area contributed by atoms with Gasteiger partial charge in [-0.05, 0) is 66.6 Å². The van der Waals surface area contributed by atoms with Gasteiger partial charge in [-0.15, -0.1) is 0 Å². The van der Waals surface area contributed by atoms with Crippen LogP contribution in [-0.2, 0) is 6.61 Å². The van der Waals surface area contributed by atoms with Crippen molar-refractivity contribution in [3.05, 3.63) is 108 Å². The lowest BCUT2D eigenvalue weighted by Crippen LogP contribution is -2.17. The summed E-state index contributed by atoms with van der Waals surface area (Å²) < 4.78 is 11.2. The average molecular weight is 400 g/mol. The highest BCUT2D eigenvalue weighted by Crippen LogP contribution is 2.15. The van der Waals surface area contributed by atoms with Crippen molar-refractivity contribution in [3.8, 4) is 11.5 Å². The molecule has 3 aromatic rings. The number of nitrogens with one attached hydrogen (secondary N) is 1. The summed E-state index contributed by atoms with van der Waals surface area (Å²) in [6.45, 7) is 6.60. The number of ether oxygens (including phenoxy) is 2. The molecule has 0 fully saturated rings. The zero-order valence-electron chi connectivity index (χ0n) is 16.9. The first kappa shape index (κ1) is 20.9. The van der Waals surface area contributed by atoms with E-state index in [1.165, 1.54) is 5.56 Å². The highest BCUT2D eigenvalue weighted by atomic mass is 16.5. The van der Waals surface area contributed by atoms with Crippen molar-refractivity contribution in [3.63, 3.8) is 0 Å². The third-order valence-corrected chi connectivity index (χ3v) is 4.27. The largest absolute Gasteiger partial charge is 0.490 e. The molecule has 3 aromatic carbocycles. The van der Waals surface area contributed by atoms with Crippen molar-refractivity contribution < 1.29 is 14.3 Å². The Morgan fingerprint density at radius 3 is 2.23 bits per heavy atom. The number of rotatable bonds is 9. The quantitative estimate of drug-likeness (QED) is 0.316. The zero-order chi connectivity index (χ0) is 21.2. The predicted molar refractivity (Wildman–Crippen MR) is 119 cm³/mol. The van der Waals surface area contributed by atoms with Crippen LogP contribution in [0.25, 0.3) is 0 Å². The predicted octanol–water partition coefficient (Wildman–Crippen LogP) is 4.90. The van der Waals surface area contributed by atoms with Gasteiger partial charge in [-0.3, -0.25) is 4.79 Å². The first-order valence-electron chi connectivity index (χ1n) is 9.59. The number of carbonyl (C=O) groups excluding carboxylic acids is 1. The topological polar surface area (TPSA) is 59.9 Å². The summed E-state index contributed by atoms with van der Waals surface area (Å²) in [5.74, 6) is 1.16. The molecule has 1 N–H and O–H groups in total. The maximum absolute atomic E-state index is 12.2. The van der Waals surface area contributed by atoms with Gasteiger partial charge in [-0.25, -0.2) is 5.43 Å². The third-order valence-electron chi connectivity index (χ3n) is 4.27. The van der Waals surface area contributed by atoms with Crippen molar-refractivity contribution in [1.29, 1.82) is 0 Å². The molecular weight excluding hydrogens is 376 g/mol. The van der Waals surface area contributed by atoms with Gasteiger partial charge in [0.05, 0.1) is 6.21 Å². The SMILES string of the molecule is C=CCOc1ccc(/C=N\NC(=O)c2ccc(OCc3ccc(C)cc3)cc2)cc1. The van der Waals surface area contributed by atoms with Crippen molar-refractivity contribution in [2.75, 3.05) is 6.61 Å². The molecule has 5 heteroatoms.